The van der Waals surface area contributed by atoms with Crippen LogP contribution in [0.15, 0.2) is 30.3 Å². The average molecular weight is 244 g/mol. The summed E-state index contributed by atoms with van der Waals surface area (Å²) in [7, 11) is 0. The predicted octanol–water partition coefficient (Wildman–Crippen LogP) is 2.34. The first-order valence-electron chi connectivity index (χ1n) is 6.54. The molecule has 0 aromatic heterocycles. The van der Waals surface area contributed by atoms with E-state index < -0.39 is 0 Å². The fraction of sp³-hybridized carbons (Fsp3) is 0.500. The molecule has 18 heavy (non-hydrogen) atoms. The molecule has 0 saturated heterocycles. The summed E-state index contributed by atoms with van der Waals surface area (Å²) >= 11 is 0. The van der Waals surface area contributed by atoms with Crippen LogP contribution in [0.2, 0.25) is 0 Å². The minimum atomic E-state index is 0.157. The lowest BCUT2D eigenvalue weighted by atomic mass is 9.93. The van der Waals surface area contributed by atoms with Crippen LogP contribution >= 0.6 is 0 Å². The Balaban J connectivity index is 2.53. The summed E-state index contributed by atoms with van der Waals surface area (Å²) in [6, 6.07) is 10.1. The van der Waals surface area contributed by atoms with Crippen LogP contribution in [0.25, 0.3) is 0 Å². The summed E-state index contributed by atoms with van der Waals surface area (Å²) in [5.41, 5.74) is 7.00. The molecule has 0 radical (unpaired) electrons. The summed E-state index contributed by atoms with van der Waals surface area (Å²) in [6.45, 7) is 10.1. The molecule has 2 heteroatoms. The Bertz CT molecular complexity index is 398. The zero-order valence-electron chi connectivity index (χ0n) is 11.7. The van der Waals surface area contributed by atoms with Gasteiger partial charge in [-0.05, 0) is 30.6 Å². The summed E-state index contributed by atoms with van der Waals surface area (Å²) in [6.07, 6.45) is 0. The van der Waals surface area contributed by atoms with Crippen LogP contribution in [0.3, 0.4) is 0 Å². The molecular formula is C16H24N2. The Morgan fingerprint density at radius 1 is 1.22 bits per heavy atom. The quantitative estimate of drug-likeness (QED) is 0.806. The highest BCUT2D eigenvalue weighted by molar-refractivity contribution is 5.33. The molecule has 0 bridgehead atoms. The Kier molecular flexibility index (Phi) is 5.91. The number of hydrogen-bond acceptors (Lipinski definition) is 2. The molecule has 0 spiro atoms. The smallest absolute Gasteiger partial charge is 0.0605 e. The molecule has 0 aliphatic carbocycles. The highest BCUT2D eigenvalue weighted by Gasteiger charge is 2.18. The van der Waals surface area contributed by atoms with E-state index in [9.17, 15) is 0 Å². The molecule has 0 fully saturated rings. The Morgan fingerprint density at radius 3 is 2.44 bits per heavy atom. The lowest BCUT2D eigenvalue weighted by Gasteiger charge is -2.29. The summed E-state index contributed by atoms with van der Waals surface area (Å²) in [4.78, 5) is 2.34. The highest BCUT2D eigenvalue weighted by atomic mass is 15.1. The van der Waals surface area contributed by atoms with Crippen LogP contribution in [0.5, 0.6) is 0 Å². The maximum Gasteiger partial charge on any atom is 0.0605 e. The van der Waals surface area contributed by atoms with Crippen LogP contribution in [-0.4, -0.2) is 31.1 Å². The molecule has 2 nitrogen and oxygen atoms in total. The number of hydrogen-bond donors (Lipinski definition) is 1. The van der Waals surface area contributed by atoms with Crippen molar-refractivity contribution in [2.75, 3.05) is 26.2 Å². The van der Waals surface area contributed by atoms with E-state index in [1.54, 1.807) is 0 Å². The second-order valence-corrected chi connectivity index (χ2v) is 5.34. The Hall–Kier alpha value is -1.30. The minimum Gasteiger partial charge on any atom is -0.330 e. The molecule has 1 rings (SSSR count). The number of benzene rings is 1. The lowest BCUT2D eigenvalue weighted by Crippen LogP contribution is -2.38. The standard InChI is InChI=1S/C16H24N2/c1-4-18(14-16(2,3)13-17)12-8-11-15-9-6-5-7-10-15/h5-7,9-10H,4,12-14,17H2,1-3H3. The lowest BCUT2D eigenvalue weighted by molar-refractivity contribution is 0.208. The van der Waals surface area contributed by atoms with Gasteiger partial charge in [-0.3, -0.25) is 4.90 Å². The third-order valence-corrected chi connectivity index (χ3v) is 2.96. The average Bonchev–Trinajstić information content (AvgIpc) is 2.38. The van der Waals surface area contributed by atoms with Crippen LogP contribution in [0, 0.1) is 17.3 Å². The van der Waals surface area contributed by atoms with Gasteiger partial charge in [0.2, 0.25) is 0 Å². The summed E-state index contributed by atoms with van der Waals surface area (Å²) in [5, 5.41) is 0. The molecule has 0 aliphatic rings. The zero-order chi connectivity index (χ0) is 13.4. The van der Waals surface area contributed by atoms with Crippen LogP contribution in [0.1, 0.15) is 26.3 Å². The van der Waals surface area contributed by atoms with Gasteiger partial charge in [0.05, 0.1) is 6.54 Å². The van der Waals surface area contributed by atoms with Crippen molar-refractivity contribution in [3.05, 3.63) is 35.9 Å². The van der Waals surface area contributed by atoms with E-state index in [0.717, 1.165) is 25.2 Å². The Labute approximate surface area is 111 Å². The molecule has 0 unspecified atom stereocenters. The van der Waals surface area contributed by atoms with Gasteiger partial charge in [0, 0.05) is 12.1 Å². The maximum atomic E-state index is 5.77. The van der Waals surface area contributed by atoms with Gasteiger partial charge in [-0.15, -0.1) is 0 Å². The maximum absolute atomic E-state index is 5.77. The summed E-state index contributed by atoms with van der Waals surface area (Å²) < 4.78 is 0. The topological polar surface area (TPSA) is 29.3 Å². The van der Waals surface area contributed by atoms with Crippen molar-refractivity contribution >= 4 is 0 Å². The van der Waals surface area contributed by atoms with Gasteiger partial charge < -0.3 is 5.73 Å². The van der Waals surface area contributed by atoms with E-state index in [4.69, 9.17) is 5.73 Å². The molecule has 0 heterocycles. The van der Waals surface area contributed by atoms with Crippen molar-refractivity contribution in [1.29, 1.82) is 0 Å². The van der Waals surface area contributed by atoms with E-state index in [1.165, 1.54) is 0 Å². The van der Waals surface area contributed by atoms with Crippen molar-refractivity contribution < 1.29 is 0 Å². The van der Waals surface area contributed by atoms with Gasteiger partial charge in [0.1, 0.15) is 0 Å². The predicted molar refractivity (Wildman–Crippen MR) is 78.3 cm³/mol. The van der Waals surface area contributed by atoms with E-state index in [1.807, 2.05) is 30.3 Å². The molecule has 2 N–H and O–H groups in total. The largest absolute Gasteiger partial charge is 0.330 e. The van der Waals surface area contributed by atoms with Gasteiger partial charge in [-0.1, -0.05) is 50.8 Å². The number of nitrogens with zero attached hydrogens (tertiary/aromatic N) is 1. The summed E-state index contributed by atoms with van der Waals surface area (Å²) in [5.74, 6) is 6.42. The molecule has 0 saturated carbocycles. The van der Waals surface area contributed by atoms with Crippen molar-refractivity contribution in [2.24, 2.45) is 11.1 Å². The van der Waals surface area contributed by atoms with E-state index in [0.29, 0.717) is 6.54 Å². The highest BCUT2D eigenvalue weighted by Crippen LogP contribution is 2.14. The fourth-order valence-electron chi connectivity index (χ4n) is 1.72. The molecular weight excluding hydrogens is 220 g/mol. The van der Waals surface area contributed by atoms with Gasteiger partial charge in [0.15, 0.2) is 0 Å². The second-order valence-electron chi connectivity index (χ2n) is 5.34. The van der Waals surface area contributed by atoms with Crippen LogP contribution in [0.4, 0.5) is 0 Å². The zero-order valence-corrected chi connectivity index (χ0v) is 11.7. The number of rotatable bonds is 5. The molecule has 0 atom stereocenters. The molecule has 98 valence electrons. The van der Waals surface area contributed by atoms with Crippen LogP contribution < -0.4 is 5.73 Å². The normalized spacial score (nSPS) is 11.2. The van der Waals surface area contributed by atoms with Crippen molar-refractivity contribution in [3.8, 4) is 11.8 Å². The van der Waals surface area contributed by atoms with Crippen molar-refractivity contribution in [3.63, 3.8) is 0 Å². The first kappa shape index (κ1) is 14.8. The number of nitrogens with two attached hydrogens (primary N) is 1. The molecule has 0 aliphatic heterocycles. The van der Waals surface area contributed by atoms with Gasteiger partial charge in [-0.2, -0.15) is 0 Å². The molecule has 1 aromatic rings. The molecule has 1 aromatic carbocycles. The van der Waals surface area contributed by atoms with E-state index in [-0.39, 0.29) is 5.41 Å². The second kappa shape index (κ2) is 7.20. The van der Waals surface area contributed by atoms with Gasteiger partial charge in [0.25, 0.3) is 0 Å². The van der Waals surface area contributed by atoms with Crippen LogP contribution in [-0.2, 0) is 0 Å². The Morgan fingerprint density at radius 2 is 1.89 bits per heavy atom. The molecule has 0 amide bonds. The van der Waals surface area contributed by atoms with E-state index >= 15 is 0 Å². The minimum absolute atomic E-state index is 0.157. The first-order chi connectivity index (χ1) is 8.57. The monoisotopic (exact) mass is 244 g/mol. The van der Waals surface area contributed by atoms with Gasteiger partial charge >= 0.3 is 0 Å². The van der Waals surface area contributed by atoms with Gasteiger partial charge in [-0.25, -0.2) is 0 Å². The fourth-order valence-corrected chi connectivity index (χ4v) is 1.72. The first-order valence-corrected chi connectivity index (χ1v) is 6.54. The van der Waals surface area contributed by atoms with E-state index in [2.05, 4.69) is 37.5 Å². The van der Waals surface area contributed by atoms with Crippen molar-refractivity contribution in [1.82, 2.24) is 4.90 Å². The third kappa shape index (κ3) is 5.35. The van der Waals surface area contributed by atoms with Crippen molar-refractivity contribution in [2.45, 2.75) is 20.8 Å². The SMILES string of the molecule is CCN(CC#Cc1ccccc1)CC(C)(C)CN. The third-order valence-electron chi connectivity index (χ3n) is 2.96.